The maximum atomic E-state index is 13.2. The summed E-state index contributed by atoms with van der Waals surface area (Å²) in [5.41, 5.74) is 5.46. The molecule has 2 aromatic rings. The lowest BCUT2D eigenvalue weighted by atomic mass is 9.86. The molecule has 2 aliphatic heterocycles. The van der Waals surface area contributed by atoms with Crippen LogP contribution in [0.1, 0.15) is 72.5 Å². The van der Waals surface area contributed by atoms with Crippen molar-refractivity contribution in [2.24, 2.45) is 0 Å². The molecule has 0 spiro atoms. The lowest BCUT2D eigenvalue weighted by Crippen LogP contribution is -2.33. The summed E-state index contributed by atoms with van der Waals surface area (Å²) in [5, 5.41) is 10.8. The first kappa shape index (κ1) is 17.3. The number of benzene rings is 1. The SMILES string of the molecule is CC(C)(C)c1ccc(C2CCCN2C(=O)c2n[nH]c3c2CNCC3)cc1. The molecule has 0 radical (unpaired) electrons. The highest BCUT2D eigenvalue weighted by molar-refractivity contribution is 5.94. The molecular weight excluding hydrogens is 324 g/mol. The van der Waals surface area contributed by atoms with Gasteiger partial charge in [-0.3, -0.25) is 9.89 Å². The van der Waals surface area contributed by atoms with Crippen molar-refractivity contribution < 1.29 is 4.79 Å². The van der Waals surface area contributed by atoms with E-state index < -0.39 is 0 Å². The Morgan fingerprint density at radius 3 is 2.73 bits per heavy atom. The molecule has 1 aromatic carbocycles. The number of aromatic nitrogens is 2. The largest absolute Gasteiger partial charge is 0.330 e. The number of amides is 1. The monoisotopic (exact) mass is 352 g/mol. The first-order valence-corrected chi connectivity index (χ1v) is 9.63. The van der Waals surface area contributed by atoms with Crippen LogP contribution in [0.2, 0.25) is 0 Å². The minimum absolute atomic E-state index is 0.0635. The van der Waals surface area contributed by atoms with Crippen LogP contribution >= 0.6 is 0 Å². The minimum atomic E-state index is 0.0635. The Morgan fingerprint density at radius 2 is 2.00 bits per heavy atom. The van der Waals surface area contributed by atoms with Crippen molar-refractivity contribution in [1.82, 2.24) is 20.4 Å². The second-order valence-electron chi connectivity index (χ2n) is 8.48. The number of aromatic amines is 1. The molecule has 2 aliphatic rings. The molecule has 2 N–H and O–H groups in total. The Hall–Kier alpha value is -2.14. The maximum Gasteiger partial charge on any atom is 0.275 e. The van der Waals surface area contributed by atoms with Crippen LogP contribution < -0.4 is 5.32 Å². The standard InChI is InChI=1S/C21H28N4O/c1-21(2,3)15-8-6-14(7-9-15)18-5-4-12-25(18)20(26)19-16-13-22-11-10-17(16)23-24-19/h6-9,18,22H,4-5,10-13H2,1-3H3,(H,23,24). The topological polar surface area (TPSA) is 61.0 Å². The van der Waals surface area contributed by atoms with E-state index >= 15 is 0 Å². The number of carbonyl (C=O) groups is 1. The number of fused-ring (bicyclic) bond motifs is 1. The van der Waals surface area contributed by atoms with Gasteiger partial charge >= 0.3 is 0 Å². The lowest BCUT2D eigenvalue weighted by Gasteiger charge is -2.26. The number of nitrogens with zero attached hydrogens (tertiary/aromatic N) is 2. The van der Waals surface area contributed by atoms with E-state index in [-0.39, 0.29) is 17.4 Å². The molecule has 1 fully saturated rings. The highest BCUT2D eigenvalue weighted by Gasteiger charge is 2.34. The van der Waals surface area contributed by atoms with Crippen molar-refractivity contribution in [2.45, 2.75) is 58.0 Å². The van der Waals surface area contributed by atoms with Crippen molar-refractivity contribution in [3.8, 4) is 0 Å². The van der Waals surface area contributed by atoms with Crippen molar-refractivity contribution >= 4 is 5.91 Å². The van der Waals surface area contributed by atoms with Crippen molar-refractivity contribution in [1.29, 1.82) is 0 Å². The van der Waals surface area contributed by atoms with Crippen molar-refractivity contribution in [3.05, 3.63) is 52.3 Å². The first-order chi connectivity index (χ1) is 12.4. The van der Waals surface area contributed by atoms with Crippen LogP contribution in [0.5, 0.6) is 0 Å². The van der Waals surface area contributed by atoms with Gasteiger partial charge in [0, 0.05) is 37.3 Å². The summed E-state index contributed by atoms with van der Waals surface area (Å²) >= 11 is 0. The highest BCUT2D eigenvalue weighted by atomic mass is 16.2. The van der Waals surface area contributed by atoms with Crippen LogP contribution in [-0.2, 0) is 18.4 Å². The van der Waals surface area contributed by atoms with Gasteiger partial charge in [-0.2, -0.15) is 5.10 Å². The number of hydrogen-bond donors (Lipinski definition) is 2. The second kappa shape index (κ2) is 6.54. The third-order valence-corrected chi connectivity index (χ3v) is 5.68. The molecule has 1 saturated heterocycles. The van der Waals surface area contributed by atoms with E-state index in [1.165, 1.54) is 11.1 Å². The summed E-state index contributed by atoms with van der Waals surface area (Å²) in [5.74, 6) is 0.0635. The first-order valence-electron chi connectivity index (χ1n) is 9.63. The smallest absolute Gasteiger partial charge is 0.275 e. The average Bonchev–Trinajstić information content (AvgIpc) is 3.28. The predicted octanol–water partition coefficient (Wildman–Crippen LogP) is 3.33. The van der Waals surface area contributed by atoms with Gasteiger partial charge in [0.05, 0.1) is 6.04 Å². The fourth-order valence-electron chi connectivity index (χ4n) is 4.10. The number of carbonyl (C=O) groups excluding carboxylic acids is 1. The van der Waals surface area contributed by atoms with E-state index in [0.717, 1.165) is 50.2 Å². The molecule has 5 heteroatoms. The van der Waals surface area contributed by atoms with Gasteiger partial charge < -0.3 is 10.2 Å². The lowest BCUT2D eigenvalue weighted by molar-refractivity contribution is 0.0728. The molecule has 0 bridgehead atoms. The summed E-state index contributed by atoms with van der Waals surface area (Å²) in [6, 6.07) is 8.95. The zero-order chi connectivity index (χ0) is 18.3. The van der Waals surface area contributed by atoms with E-state index in [2.05, 4.69) is 60.6 Å². The van der Waals surface area contributed by atoms with Gasteiger partial charge in [-0.25, -0.2) is 0 Å². The molecule has 1 amide bonds. The average molecular weight is 352 g/mol. The van der Waals surface area contributed by atoms with Crippen LogP contribution in [0.3, 0.4) is 0 Å². The number of hydrogen-bond acceptors (Lipinski definition) is 3. The van der Waals surface area contributed by atoms with Crippen LogP contribution in [0.25, 0.3) is 0 Å². The molecule has 26 heavy (non-hydrogen) atoms. The molecular formula is C21H28N4O. The van der Waals surface area contributed by atoms with Gasteiger partial charge in [0.15, 0.2) is 5.69 Å². The van der Waals surface area contributed by atoms with Gasteiger partial charge in [-0.05, 0) is 29.4 Å². The fraction of sp³-hybridized carbons (Fsp3) is 0.524. The Kier molecular flexibility index (Phi) is 4.35. The van der Waals surface area contributed by atoms with E-state index in [0.29, 0.717) is 5.69 Å². The third-order valence-electron chi connectivity index (χ3n) is 5.68. The molecule has 0 saturated carbocycles. The quantitative estimate of drug-likeness (QED) is 0.871. The number of likely N-dealkylation sites (tertiary alicyclic amines) is 1. The molecule has 0 aliphatic carbocycles. The van der Waals surface area contributed by atoms with Crippen LogP contribution in [0, 0.1) is 0 Å². The number of H-pyrrole nitrogens is 1. The summed E-state index contributed by atoms with van der Waals surface area (Å²) < 4.78 is 0. The van der Waals surface area contributed by atoms with Gasteiger partial charge in [-0.1, -0.05) is 45.0 Å². The molecule has 5 nitrogen and oxygen atoms in total. The molecule has 1 aromatic heterocycles. The number of rotatable bonds is 2. The van der Waals surface area contributed by atoms with Crippen LogP contribution in [0.4, 0.5) is 0 Å². The molecule has 138 valence electrons. The molecule has 4 rings (SSSR count). The van der Waals surface area contributed by atoms with Gasteiger partial charge in [0.1, 0.15) is 0 Å². The highest BCUT2D eigenvalue weighted by Crippen LogP contribution is 2.35. The van der Waals surface area contributed by atoms with Crippen molar-refractivity contribution in [2.75, 3.05) is 13.1 Å². The van der Waals surface area contributed by atoms with Crippen molar-refractivity contribution in [3.63, 3.8) is 0 Å². The Labute approximate surface area is 155 Å². The summed E-state index contributed by atoms with van der Waals surface area (Å²) in [7, 11) is 0. The zero-order valence-corrected chi connectivity index (χ0v) is 15.9. The normalized spacial score (nSPS) is 20.3. The predicted molar refractivity (Wildman–Crippen MR) is 102 cm³/mol. The number of nitrogens with one attached hydrogen (secondary N) is 2. The van der Waals surface area contributed by atoms with Gasteiger partial charge in [0.25, 0.3) is 5.91 Å². The van der Waals surface area contributed by atoms with E-state index in [9.17, 15) is 4.79 Å². The molecule has 1 unspecified atom stereocenters. The van der Waals surface area contributed by atoms with E-state index in [1.54, 1.807) is 0 Å². The Morgan fingerprint density at radius 1 is 1.23 bits per heavy atom. The molecule has 3 heterocycles. The van der Waals surface area contributed by atoms with Crippen LogP contribution in [-0.4, -0.2) is 34.1 Å². The third kappa shape index (κ3) is 3.05. The summed E-state index contributed by atoms with van der Waals surface area (Å²) in [6.45, 7) is 9.15. The van der Waals surface area contributed by atoms with Gasteiger partial charge in [-0.15, -0.1) is 0 Å². The Bertz CT molecular complexity index is 800. The summed E-state index contributed by atoms with van der Waals surface area (Å²) in [6.07, 6.45) is 2.97. The fourth-order valence-corrected chi connectivity index (χ4v) is 4.10. The van der Waals surface area contributed by atoms with Gasteiger partial charge in [0.2, 0.25) is 0 Å². The molecule has 1 atom stereocenters. The van der Waals surface area contributed by atoms with E-state index in [4.69, 9.17) is 0 Å². The zero-order valence-electron chi connectivity index (χ0n) is 15.9. The Balaban J connectivity index is 1.58. The second-order valence-corrected chi connectivity index (χ2v) is 8.48. The summed E-state index contributed by atoms with van der Waals surface area (Å²) in [4.78, 5) is 15.2. The minimum Gasteiger partial charge on any atom is -0.330 e. The van der Waals surface area contributed by atoms with E-state index in [1.807, 2.05) is 4.90 Å². The van der Waals surface area contributed by atoms with Crippen LogP contribution in [0.15, 0.2) is 24.3 Å². The maximum absolute atomic E-state index is 13.2.